The van der Waals surface area contributed by atoms with Gasteiger partial charge in [-0.05, 0) is 49.7 Å². The van der Waals surface area contributed by atoms with E-state index in [-0.39, 0.29) is 22.6 Å². The Morgan fingerprint density at radius 2 is 1.85 bits per heavy atom. The summed E-state index contributed by atoms with van der Waals surface area (Å²) in [4.78, 5) is 25.2. The Bertz CT molecular complexity index is 1230. The van der Waals surface area contributed by atoms with Crippen LogP contribution < -0.4 is 10.6 Å². The number of benzene rings is 2. The SMILES string of the molecule is C=CCn1c(SCC(=O)Nc2cc(Cl)ccc2C)nnc1[C@H](C)NC(=O)c1ccc(Cl)cc1Cl. The average Bonchev–Trinajstić information content (AvgIpc) is 3.17. The predicted octanol–water partition coefficient (Wildman–Crippen LogP) is 5.95. The van der Waals surface area contributed by atoms with Gasteiger partial charge in [0.1, 0.15) is 0 Å². The van der Waals surface area contributed by atoms with E-state index in [2.05, 4.69) is 27.4 Å². The lowest BCUT2D eigenvalue weighted by Crippen LogP contribution is -2.29. The molecule has 1 aromatic heterocycles. The van der Waals surface area contributed by atoms with Gasteiger partial charge in [-0.1, -0.05) is 58.7 Å². The topological polar surface area (TPSA) is 88.9 Å². The minimum Gasteiger partial charge on any atom is -0.342 e. The van der Waals surface area contributed by atoms with Crippen LogP contribution in [0.25, 0.3) is 0 Å². The van der Waals surface area contributed by atoms with Crippen molar-refractivity contribution in [2.45, 2.75) is 31.6 Å². The Morgan fingerprint density at radius 1 is 1.15 bits per heavy atom. The smallest absolute Gasteiger partial charge is 0.253 e. The lowest BCUT2D eigenvalue weighted by atomic mass is 10.2. The molecule has 2 amide bonds. The zero-order valence-electron chi connectivity index (χ0n) is 18.4. The number of hydrogen-bond acceptors (Lipinski definition) is 5. The number of halogens is 3. The van der Waals surface area contributed by atoms with E-state index >= 15 is 0 Å². The quantitative estimate of drug-likeness (QED) is 0.259. The van der Waals surface area contributed by atoms with Crippen LogP contribution in [-0.2, 0) is 11.3 Å². The molecule has 0 radical (unpaired) electrons. The van der Waals surface area contributed by atoms with Crippen LogP contribution in [0.4, 0.5) is 5.69 Å². The lowest BCUT2D eigenvalue weighted by Gasteiger charge is -2.16. The molecule has 0 unspecified atom stereocenters. The first kappa shape index (κ1) is 26.1. The number of hydrogen-bond donors (Lipinski definition) is 2. The first-order valence-corrected chi connectivity index (χ1v) is 12.3. The molecule has 2 N–H and O–H groups in total. The molecule has 7 nitrogen and oxygen atoms in total. The van der Waals surface area contributed by atoms with Crippen LogP contribution in [0.3, 0.4) is 0 Å². The van der Waals surface area contributed by atoms with Gasteiger partial charge >= 0.3 is 0 Å². The fourth-order valence-electron chi connectivity index (χ4n) is 3.09. The summed E-state index contributed by atoms with van der Waals surface area (Å²) in [5, 5.41) is 15.9. The summed E-state index contributed by atoms with van der Waals surface area (Å²) < 4.78 is 1.80. The molecule has 0 fully saturated rings. The largest absolute Gasteiger partial charge is 0.342 e. The van der Waals surface area contributed by atoms with Crippen LogP contribution in [0, 0.1) is 6.92 Å². The van der Waals surface area contributed by atoms with Gasteiger partial charge in [0, 0.05) is 22.3 Å². The van der Waals surface area contributed by atoms with Crippen molar-refractivity contribution in [1.82, 2.24) is 20.1 Å². The van der Waals surface area contributed by atoms with Crippen LogP contribution >= 0.6 is 46.6 Å². The fourth-order valence-corrected chi connectivity index (χ4v) is 4.51. The zero-order valence-corrected chi connectivity index (χ0v) is 21.5. The summed E-state index contributed by atoms with van der Waals surface area (Å²) in [5.74, 6) is 0.0612. The third-order valence-corrected chi connectivity index (χ3v) is 6.52. The molecule has 0 aliphatic rings. The molecule has 1 heterocycles. The van der Waals surface area contributed by atoms with Crippen molar-refractivity contribution in [2.75, 3.05) is 11.1 Å². The van der Waals surface area contributed by atoms with E-state index in [9.17, 15) is 9.59 Å². The van der Waals surface area contributed by atoms with Gasteiger partial charge in [-0.15, -0.1) is 16.8 Å². The number of aromatic nitrogens is 3. The highest BCUT2D eigenvalue weighted by Gasteiger charge is 2.21. The summed E-state index contributed by atoms with van der Waals surface area (Å²) in [6, 6.07) is 9.49. The van der Waals surface area contributed by atoms with E-state index < -0.39 is 6.04 Å². The van der Waals surface area contributed by atoms with E-state index in [4.69, 9.17) is 34.8 Å². The molecular formula is C23H22Cl3N5O2S. The molecular weight excluding hydrogens is 517 g/mol. The second kappa shape index (κ2) is 11.8. The molecule has 1 atom stereocenters. The van der Waals surface area contributed by atoms with Crippen LogP contribution in [0.5, 0.6) is 0 Å². The number of carbonyl (C=O) groups is 2. The molecule has 178 valence electrons. The highest BCUT2D eigenvalue weighted by atomic mass is 35.5. The van der Waals surface area contributed by atoms with E-state index in [1.54, 1.807) is 41.8 Å². The number of nitrogens with one attached hydrogen (secondary N) is 2. The van der Waals surface area contributed by atoms with Crippen molar-refractivity contribution in [3.05, 3.63) is 81.1 Å². The van der Waals surface area contributed by atoms with Crippen LogP contribution in [0.1, 0.15) is 34.7 Å². The molecule has 0 spiro atoms. The predicted molar refractivity (Wildman–Crippen MR) is 138 cm³/mol. The molecule has 0 saturated carbocycles. The van der Waals surface area contributed by atoms with Crippen molar-refractivity contribution in [1.29, 1.82) is 0 Å². The molecule has 3 aromatic rings. The number of allylic oxidation sites excluding steroid dienone is 1. The Kier molecular flexibility index (Phi) is 9.02. The maximum atomic E-state index is 12.7. The monoisotopic (exact) mass is 537 g/mol. The van der Waals surface area contributed by atoms with E-state index in [0.29, 0.717) is 38.8 Å². The molecule has 0 aliphatic carbocycles. The van der Waals surface area contributed by atoms with Crippen molar-refractivity contribution in [2.24, 2.45) is 0 Å². The fraction of sp³-hybridized carbons (Fsp3) is 0.217. The van der Waals surface area contributed by atoms with Gasteiger partial charge < -0.3 is 15.2 Å². The summed E-state index contributed by atoms with van der Waals surface area (Å²) >= 11 is 19.3. The Labute approximate surface area is 216 Å². The summed E-state index contributed by atoms with van der Waals surface area (Å²) in [7, 11) is 0. The molecule has 0 saturated heterocycles. The van der Waals surface area contributed by atoms with Gasteiger partial charge in [0.25, 0.3) is 5.91 Å². The Hall–Kier alpha value is -2.52. The Morgan fingerprint density at radius 3 is 2.56 bits per heavy atom. The molecule has 3 rings (SSSR count). The summed E-state index contributed by atoms with van der Waals surface area (Å²) in [5.41, 5.74) is 1.86. The number of aryl methyl sites for hydroxylation is 1. The number of carbonyl (C=O) groups excluding carboxylic acids is 2. The molecule has 11 heteroatoms. The number of thioether (sulfide) groups is 1. The lowest BCUT2D eigenvalue weighted by molar-refractivity contribution is -0.113. The molecule has 34 heavy (non-hydrogen) atoms. The van der Waals surface area contributed by atoms with Crippen molar-refractivity contribution in [3.8, 4) is 0 Å². The van der Waals surface area contributed by atoms with E-state index in [1.165, 1.54) is 17.8 Å². The first-order chi connectivity index (χ1) is 16.2. The summed E-state index contributed by atoms with van der Waals surface area (Å²) in [6.07, 6.45) is 1.69. The van der Waals surface area contributed by atoms with Gasteiger partial charge in [0.2, 0.25) is 5.91 Å². The van der Waals surface area contributed by atoms with Gasteiger partial charge in [-0.2, -0.15) is 0 Å². The number of rotatable bonds is 9. The van der Waals surface area contributed by atoms with Crippen LogP contribution in [0.15, 0.2) is 54.2 Å². The Balaban J connectivity index is 1.69. The molecule has 0 aliphatic heterocycles. The van der Waals surface area contributed by atoms with Crippen molar-refractivity contribution >= 4 is 64.1 Å². The standard InChI is InChI=1S/C23H22Cl3N5O2S/c1-4-9-31-21(14(3)27-22(33)17-8-7-15(24)10-18(17)26)29-30-23(31)34-12-20(32)28-19-11-16(25)6-5-13(19)2/h4-8,10-11,14H,1,9,12H2,2-3H3,(H,27,33)(H,28,32)/t14-/m0/s1. The maximum absolute atomic E-state index is 12.7. The maximum Gasteiger partial charge on any atom is 0.253 e. The van der Waals surface area contributed by atoms with Crippen LogP contribution in [0.2, 0.25) is 15.1 Å². The zero-order chi connectivity index (χ0) is 24.8. The number of nitrogens with zero attached hydrogens (tertiary/aromatic N) is 3. The minimum atomic E-state index is -0.482. The summed E-state index contributed by atoms with van der Waals surface area (Å²) in [6.45, 7) is 7.86. The second-order valence-electron chi connectivity index (χ2n) is 7.36. The molecule has 0 bridgehead atoms. The minimum absolute atomic E-state index is 0.113. The van der Waals surface area contributed by atoms with Crippen molar-refractivity contribution < 1.29 is 9.59 Å². The van der Waals surface area contributed by atoms with E-state index in [0.717, 1.165) is 5.56 Å². The number of amides is 2. The number of anilines is 1. The normalized spacial score (nSPS) is 11.7. The second-order valence-corrected chi connectivity index (χ2v) is 9.58. The third kappa shape index (κ3) is 6.54. The third-order valence-electron chi connectivity index (χ3n) is 4.77. The van der Waals surface area contributed by atoms with Gasteiger partial charge in [0.05, 0.1) is 22.4 Å². The molecule has 2 aromatic carbocycles. The van der Waals surface area contributed by atoms with Gasteiger partial charge in [0.15, 0.2) is 11.0 Å². The van der Waals surface area contributed by atoms with Gasteiger partial charge in [-0.25, -0.2) is 0 Å². The van der Waals surface area contributed by atoms with Gasteiger partial charge in [-0.3, -0.25) is 9.59 Å². The first-order valence-electron chi connectivity index (χ1n) is 10.2. The van der Waals surface area contributed by atoms with Crippen LogP contribution in [-0.4, -0.2) is 32.3 Å². The highest BCUT2D eigenvalue weighted by molar-refractivity contribution is 7.99. The average molecular weight is 539 g/mol. The highest BCUT2D eigenvalue weighted by Crippen LogP contribution is 2.25. The van der Waals surface area contributed by atoms with Crippen molar-refractivity contribution in [3.63, 3.8) is 0 Å². The van der Waals surface area contributed by atoms with E-state index in [1.807, 2.05) is 13.0 Å².